The molecule has 1 aliphatic rings. The second-order valence-corrected chi connectivity index (χ2v) is 6.96. The minimum Gasteiger partial charge on any atom is -0.493 e. The van der Waals surface area contributed by atoms with Crippen LogP contribution in [0.25, 0.3) is 0 Å². The second kappa shape index (κ2) is 11.3. The summed E-state index contributed by atoms with van der Waals surface area (Å²) in [5, 5.41) is 13.7. The van der Waals surface area contributed by atoms with Gasteiger partial charge < -0.3 is 19.7 Å². The van der Waals surface area contributed by atoms with E-state index in [-0.39, 0.29) is 42.1 Å². The molecule has 0 aromatic heterocycles. The lowest BCUT2D eigenvalue weighted by Gasteiger charge is -2.34. The van der Waals surface area contributed by atoms with E-state index in [1.54, 1.807) is 35.2 Å². The summed E-state index contributed by atoms with van der Waals surface area (Å²) in [5.41, 5.74) is 0.515. The van der Waals surface area contributed by atoms with Crippen LogP contribution in [0.2, 0.25) is 0 Å². The van der Waals surface area contributed by atoms with Gasteiger partial charge in [0, 0.05) is 37.8 Å². The van der Waals surface area contributed by atoms with Gasteiger partial charge in [0.2, 0.25) is 5.91 Å². The van der Waals surface area contributed by atoms with Crippen LogP contribution in [0.4, 0.5) is 11.4 Å². The summed E-state index contributed by atoms with van der Waals surface area (Å²) in [6, 6.07) is 11.0. The number of ether oxygens (including phenoxy) is 2. The Morgan fingerprint density at radius 1 is 1.03 bits per heavy atom. The molecule has 0 atom stereocenters. The first kappa shape index (κ1) is 24.9. The molecule has 1 fully saturated rings. The van der Waals surface area contributed by atoms with Gasteiger partial charge in [-0.1, -0.05) is 12.1 Å². The minimum absolute atomic E-state index is 0. The van der Waals surface area contributed by atoms with Gasteiger partial charge in [-0.3, -0.25) is 24.6 Å². The van der Waals surface area contributed by atoms with Gasteiger partial charge in [0.15, 0.2) is 11.5 Å². The molecule has 2 aromatic rings. The highest BCUT2D eigenvalue weighted by atomic mass is 35.5. The number of piperazine rings is 1. The number of nitrogens with zero attached hydrogens (tertiary/aromatic N) is 3. The Morgan fingerprint density at radius 2 is 1.69 bits per heavy atom. The van der Waals surface area contributed by atoms with Crippen molar-refractivity contribution in [2.75, 3.05) is 52.3 Å². The summed E-state index contributed by atoms with van der Waals surface area (Å²) >= 11 is 0. The predicted molar refractivity (Wildman–Crippen MR) is 121 cm³/mol. The molecular weight excluding hydrogens is 440 g/mol. The number of nitrogens with one attached hydrogen (secondary N) is 1. The number of nitro groups is 1. The summed E-state index contributed by atoms with van der Waals surface area (Å²) in [7, 11) is 3.05. The van der Waals surface area contributed by atoms with Gasteiger partial charge in [0.05, 0.1) is 25.7 Å². The quantitative estimate of drug-likeness (QED) is 0.494. The predicted octanol–water partition coefficient (Wildman–Crippen LogP) is 2.43. The molecule has 3 rings (SSSR count). The zero-order valence-electron chi connectivity index (χ0n) is 17.8. The van der Waals surface area contributed by atoms with Crippen molar-refractivity contribution in [2.45, 2.75) is 0 Å². The highest BCUT2D eigenvalue weighted by Crippen LogP contribution is 2.28. The van der Waals surface area contributed by atoms with Crippen LogP contribution in [-0.2, 0) is 4.79 Å². The lowest BCUT2D eigenvalue weighted by Crippen LogP contribution is -2.50. The molecule has 10 nitrogen and oxygen atoms in total. The number of halogens is 1. The molecule has 0 saturated carbocycles. The monoisotopic (exact) mass is 464 g/mol. The van der Waals surface area contributed by atoms with Crippen molar-refractivity contribution < 1.29 is 24.0 Å². The third kappa shape index (κ3) is 5.86. The number of hydrogen-bond donors (Lipinski definition) is 1. The van der Waals surface area contributed by atoms with E-state index >= 15 is 0 Å². The van der Waals surface area contributed by atoms with E-state index in [0.29, 0.717) is 43.2 Å². The van der Waals surface area contributed by atoms with Crippen molar-refractivity contribution in [1.29, 1.82) is 0 Å². The normalized spacial score (nSPS) is 13.6. The zero-order chi connectivity index (χ0) is 22.4. The van der Waals surface area contributed by atoms with Crippen molar-refractivity contribution >= 4 is 35.6 Å². The molecule has 1 saturated heterocycles. The maximum atomic E-state index is 12.8. The Balaban J connectivity index is 0.00000363. The van der Waals surface area contributed by atoms with Gasteiger partial charge in [0.25, 0.3) is 11.6 Å². The number of amides is 2. The number of anilines is 1. The van der Waals surface area contributed by atoms with E-state index in [1.165, 1.54) is 26.4 Å². The van der Waals surface area contributed by atoms with Crippen LogP contribution in [0.5, 0.6) is 11.5 Å². The average Bonchev–Trinajstić information content (AvgIpc) is 2.78. The van der Waals surface area contributed by atoms with E-state index in [4.69, 9.17) is 9.47 Å². The van der Waals surface area contributed by atoms with Crippen molar-refractivity contribution in [3.63, 3.8) is 0 Å². The molecule has 0 spiro atoms. The van der Waals surface area contributed by atoms with Gasteiger partial charge in [-0.05, 0) is 24.3 Å². The van der Waals surface area contributed by atoms with Crippen LogP contribution in [0.1, 0.15) is 10.4 Å². The molecule has 32 heavy (non-hydrogen) atoms. The van der Waals surface area contributed by atoms with Gasteiger partial charge in [0.1, 0.15) is 5.69 Å². The summed E-state index contributed by atoms with van der Waals surface area (Å²) < 4.78 is 10.5. The minimum atomic E-state index is -0.534. The van der Waals surface area contributed by atoms with Crippen LogP contribution in [0, 0.1) is 10.1 Å². The number of nitro benzene ring substituents is 1. The highest BCUT2D eigenvalue weighted by Gasteiger charge is 2.24. The molecule has 2 amide bonds. The Kier molecular flexibility index (Phi) is 8.80. The highest BCUT2D eigenvalue weighted by molar-refractivity contribution is 5.95. The number of rotatable bonds is 7. The molecule has 2 aromatic carbocycles. The van der Waals surface area contributed by atoms with Gasteiger partial charge in [-0.15, -0.1) is 12.4 Å². The Bertz CT molecular complexity index is 979. The number of carbonyl (C=O) groups excluding carboxylic acids is 2. The fourth-order valence-corrected chi connectivity index (χ4v) is 3.39. The van der Waals surface area contributed by atoms with Crippen LogP contribution >= 0.6 is 12.4 Å². The van der Waals surface area contributed by atoms with E-state index in [2.05, 4.69) is 5.32 Å². The van der Waals surface area contributed by atoms with Crippen molar-refractivity contribution in [1.82, 2.24) is 9.80 Å². The van der Waals surface area contributed by atoms with Crippen molar-refractivity contribution in [3.05, 3.63) is 58.1 Å². The van der Waals surface area contributed by atoms with Crippen molar-refractivity contribution in [3.8, 4) is 11.5 Å². The van der Waals surface area contributed by atoms with E-state index in [9.17, 15) is 19.7 Å². The fraction of sp³-hybridized carbons (Fsp3) is 0.333. The molecule has 1 N–H and O–H groups in total. The standard InChI is InChI=1S/C21H24N4O6.ClH/c1-30-18-8-7-15(13-19(18)31-2)21(27)24-11-9-23(10-12-24)14-20(26)22-16-5-3-4-6-17(16)25(28)29;/h3-8,13H,9-12,14H2,1-2H3,(H,22,26);1H. The largest absolute Gasteiger partial charge is 0.493 e. The molecule has 1 aliphatic heterocycles. The first-order valence-corrected chi connectivity index (χ1v) is 9.70. The fourth-order valence-electron chi connectivity index (χ4n) is 3.39. The number of methoxy groups -OCH3 is 2. The zero-order valence-corrected chi connectivity index (χ0v) is 18.6. The van der Waals surface area contributed by atoms with Gasteiger partial charge in [-0.2, -0.15) is 0 Å². The van der Waals surface area contributed by atoms with Gasteiger partial charge >= 0.3 is 0 Å². The van der Waals surface area contributed by atoms with E-state index < -0.39 is 4.92 Å². The Morgan fingerprint density at radius 3 is 2.31 bits per heavy atom. The van der Waals surface area contributed by atoms with E-state index in [1.807, 2.05) is 4.90 Å². The van der Waals surface area contributed by atoms with Crippen LogP contribution in [-0.4, -0.2) is 73.5 Å². The number of hydrogen-bond acceptors (Lipinski definition) is 7. The third-order valence-corrected chi connectivity index (χ3v) is 5.03. The molecule has 172 valence electrons. The maximum absolute atomic E-state index is 12.8. The molecule has 0 unspecified atom stereocenters. The number of benzene rings is 2. The molecular formula is C21H25ClN4O6. The Hall–Kier alpha value is -3.37. The lowest BCUT2D eigenvalue weighted by atomic mass is 10.1. The van der Waals surface area contributed by atoms with Crippen molar-refractivity contribution in [2.24, 2.45) is 0 Å². The molecule has 1 heterocycles. The average molecular weight is 465 g/mol. The summed E-state index contributed by atoms with van der Waals surface area (Å²) in [6.45, 7) is 2.05. The summed E-state index contributed by atoms with van der Waals surface area (Å²) in [6.07, 6.45) is 0. The third-order valence-electron chi connectivity index (χ3n) is 5.03. The molecule has 0 bridgehead atoms. The van der Waals surface area contributed by atoms with Crippen LogP contribution < -0.4 is 14.8 Å². The summed E-state index contributed by atoms with van der Waals surface area (Å²) in [5.74, 6) is 0.575. The SMILES string of the molecule is COc1ccc(C(=O)N2CCN(CC(=O)Nc3ccccc3[N+](=O)[O-])CC2)cc1OC.Cl. The lowest BCUT2D eigenvalue weighted by molar-refractivity contribution is -0.383. The Labute approximate surface area is 191 Å². The van der Waals surface area contributed by atoms with Crippen LogP contribution in [0.3, 0.4) is 0 Å². The molecule has 11 heteroatoms. The first-order chi connectivity index (χ1) is 14.9. The van der Waals surface area contributed by atoms with Crippen LogP contribution in [0.15, 0.2) is 42.5 Å². The topological polar surface area (TPSA) is 114 Å². The molecule has 0 radical (unpaired) electrons. The second-order valence-electron chi connectivity index (χ2n) is 6.96. The number of para-hydroxylation sites is 2. The maximum Gasteiger partial charge on any atom is 0.292 e. The first-order valence-electron chi connectivity index (χ1n) is 9.70. The van der Waals surface area contributed by atoms with Gasteiger partial charge in [-0.25, -0.2) is 0 Å². The smallest absolute Gasteiger partial charge is 0.292 e. The molecule has 0 aliphatic carbocycles. The summed E-state index contributed by atoms with van der Waals surface area (Å²) in [4.78, 5) is 39.3. The van der Waals surface area contributed by atoms with E-state index in [0.717, 1.165) is 0 Å². The number of carbonyl (C=O) groups is 2.